The third-order valence-corrected chi connectivity index (χ3v) is 3.54. The lowest BCUT2D eigenvalue weighted by molar-refractivity contribution is 0.492. The highest BCUT2D eigenvalue weighted by atomic mass is 15.1. The maximum absolute atomic E-state index is 4.24. The van der Waals surface area contributed by atoms with Gasteiger partial charge in [0.15, 0.2) is 0 Å². The largest absolute Gasteiger partial charge is 0.348 e. The summed E-state index contributed by atoms with van der Waals surface area (Å²) in [7, 11) is 2.09. The minimum Gasteiger partial charge on any atom is -0.348 e. The van der Waals surface area contributed by atoms with Crippen molar-refractivity contribution in [3.63, 3.8) is 0 Å². The molecule has 0 saturated carbocycles. The fourth-order valence-electron chi connectivity index (χ4n) is 1.98. The van der Waals surface area contributed by atoms with Crippen molar-refractivity contribution in [2.24, 2.45) is 5.41 Å². The molecule has 0 unspecified atom stereocenters. The van der Waals surface area contributed by atoms with Crippen molar-refractivity contribution in [2.45, 2.75) is 41.0 Å². The summed E-state index contributed by atoms with van der Waals surface area (Å²) in [6.45, 7) is 19.1. The van der Waals surface area contributed by atoms with Crippen molar-refractivity contribution >= 4 is 11.3 Å². The standard InChI is InChI=1S/C18H27N/c1-9-15-10-16(13(2)3)12-17(11-15)19(8)14(4)18(5,6)7/h10-12H,2,4,9H2,1,3,5-8H3. The van der Waals surface area contributed by atoms with Crippen molar-refractivity contribution in [1.29, 1.82) is 0 Å². The van der Waals surface area contributed by atoms with Gasteiger partial charge in [0.1, 0.15) is 0 Å². The summed E-state index contributed by atoms with van der Waals surface area (Å²) >= 11 is 0. The summed E-state index contributed by atoms with van der Waals surface area (Å²) in [6, 6.07) is 6.65. The maximum atomic E-state index is 4.24. The van der Waals surface area contributed by atoms with Gasteiger partial charge < -0.3 is 4.90 Å². The molecule has 0 atom stereocenters. The number of hydrogen-bond donors (Lipinski definition) is 0. The highest BCUT2D eigenvalue weighted by molar-refractivity contribution is 5.68. The van der Waals surface area contributed by atoms with Crippen molar-refractivity contribution in [2.75, 3.05) is 11.9 Å². The summed E-state index contributed by atoms with van der Waals surface area (Å²) in [6.07, 6.45) is 1.03. The third-order valence-electron chi connectivity index (χ3n) is 3.54. The second kappa shape index (κ2) is 5.64. The van der Waals surface area contributed by atoms with Gasteiger partial charge in [-0.25, -0.2) is 0 Å². The molecule has 0 radical (unpaired) electrons. The zero-order valence-corrected chi connectivity index (χ0v) is 13.3. The Hall–Kier alpha value is -1.50. The molecule has 1 aromatic carbocycles. The normalized spacial score (nSPS) is 11.3. The summed E-state index contributed by atoms with van der Waals surface area (Å²) in [5.41, 5.74) is 6.03. The molecule has 0 saturated heterocycles. The number of aryl methyl sites for hydroxylation is 1. The Labute approximate surface area is 118 Å². The first-order chi connectivity index (χ1) is 8.66. The second-order valence-corrected chi connectivity index (χ2v) is 6.28. The fraction of sp³-hybridized carbons (Fsp3) is 0.444. The van der Waals surface area contributed by atoms with Crippen LogP contribution in [0.5, 0.6) is 0 Å². The van der Waals surface area contributed by atoms with E-state index in [9.17, 15) is 0 Å². The SMILES string of the molecule is C=C(C)c1cc(CC)cc(N(C)C(=C)C(C)(C)C)c1. The molecule has 0 amide bonds. The molecule has 0 aliphatic rings. The maximum Gasteiger partial charge on any atom is 0.0414 e. The molecule has 0 aromatic heterocycles. The number of hydrogen-bond acceptors (Lipinski definition) is 1. The smallest absolute Gasteiger partial charge is 0.0414 e. The predicted molar refractivity (Wildman–Crippen MR) is 87.5 cm³/mol. The molecule has 1 rings (SSSR count). The van der Waals surface area contributed by atoms with Gasteiger partial charge in [-0.05, 0) is 36.6 Å². The van der Waals surface area contributed by atoms with E-state index in [0.29, 0.717) is 0 Å². The van der Waals surface area contributed by atoms with E-state index in [2.05, 4.69) is 77.9 Å². The van der Waals surface area contributed by atoms with Crippen molar-refractivity contribution < 1.29 is 0 Å². The highest BCUT2D eigenvalue weighted by Gasteiger charge is 2.20. The molecule has 1 nitrogen and oxygen atoms in total. The lowest BCUT2D eigenvalue weighted by Gasteiger charge is -2.32. The van der Waals surface area contributed by atoms with E-state index >= 15 is 0 Å². The van der Waals surface area contributed by atoms with Gasteiger partial charge in [-0.1, -0.05) is 52.5 Å². The van der Waals surface area contributed by atoms with Crippen LogP contribution in [0.1, 0.15) is 45.7 Å². The molecular weight excluding hydrogens is 230 g/mol. The Bertz CT molecular complexity index is 489. The van der Waals surface area contributed by atoms with Crippen LogP contribution in [0, 0.1) is 5.41 Å². The van der Waals surface area contributed by atoms with E-state index in [-0.39, 0.29) is 5.41 Å². The van der Waals surface area contributed by atoms with Crippen LogP contribution in [0.15, 0.2) is 37.1 Å². The molecule has 1 aromatic rings. The number of allylic oxidation sites excluding steroid dienone is 2. The zero-order valence-electron chi connectivity index (χ0n) is 13.3. The lowest BCUT2D eigenvalue weighted by Crippen LogP contribution is -2.25. The van der Waals surface area contributed by atoms with E-state index in [1.165, 1.54) is 16.8 Å². The molecule has 0 spiro atoms. The number of nitrogens with zero attached hydrogens (tertiary/aromatic N) is 1. The van der Waals surface area contributed by atoms with Gasteiger partial charge in [-0.15, -0.1) is 0 Å². The summed E-state index contributed by atoms with van der Waals surface area (Å²) in [5.74, 6) is 0. The number of anilines is 1. The van der Waals surface area contributed by atoms with Gasteiger partial charge in [0.25, 0.3) is 0 Å². The molecular formula is C18H27N. The van der Waals surface area contributed by atoms with Crippen molar-refractivity contribution in [3.8, 4) is 0 Å². The zero-order chi connectivity index (χ0) is 14.8. The molecule has 1 heteroatoms. The number of benzene rings is 1. The van der Waals surface area contributed by atoms with Crippen LogP contribution in [0.2, 0.25) is 0 Å². The van der Waals surface area contributed by atoms with Gasteiger partial charge in [-0.3, -0.25) is 0 Å². The minimum atomic E-state index is 0.0698. The Morgan fingerprint density at radius 2 is 1.74 bits per heavy atom. The first kappa shape index (κ1) is 15.6. The van der Waals surface area contributed by atoms with Crippen LogP contribution < -0.4 is 4.90 Å². The summed E-state index contributed by atoms with van der Waals surface area (Å²) in [5, 5.41) is 0. The lowest BCUT2D eigenvalue weighted by atomic mass is 9.91. The molecule has 0 aliphatic heterocycles. The molecule has 0 N–H and O–H groups in total. The van der Waals surface area contributed by atoms with Crippen LogP contribution >= 0.6 is 0 Å². The summed E-state index contributed by atoms with van der Waals surface area (Å²) in [4.78, 5) is 2.19. The van der Waals surface area contributed by atoms with E-state index in [4.69, 9.17) is 0 Å². The molecule has 0 bridgehead atoms. The molecule has 19 heavy (non-hydrogen) atoms. The average Bonchev–Trinajstić information content (AvgIpc) is 2.35. The van der Waals surface area contributed by atoms with Crippen LogP contribution in [0.25, 0.3) is 5.57 Å². The Balaban J connectivity index is 3.23. The van der Waals surface area contributed by atoms with Crippen molar-refractivity contribution in [1.82, 2.24) is 0 Å². The molecule has 0 fully saturated rings. The van der Waals surface area contributed by atoms with E-state index in [0.717, 1.165) is 17.7 Å². The number of rotatable bonds is 4. The van der Waals surface area contributed by atoms with Gasteiger partial charge in [0.05, 0.1) is 0 Å². The second-order valence-electron chi connectivity index (χ2n) is 6.28. The van der Waals surface area contributed by atoms with Crippen LogP contribution in [-0.2, 0) is 6.42 Å². The Morgan fingerprint density at radius 1 is 1.16 bits per heavy atom. The quantitative estimate of drug-likeness (QED) is 0.709. The van der Waals surface area contributed by atoms with Crippen LogP contribution in [0.3, 0.4) is 0 Å². The first-order valence-corrected chi connectivity index (χ1v) is 6.89. The van der Waals surface area contributed by atoms with E-state index < -0.39 is 0 Å². The van der Waals surface area contributed by atoms with Gasteiger partial charge in [0.2, 0.25) is 0 Å². The monoisotopic (exact) mass is 257 g/mol. The molecule has 0 heterocycles. The van der Waals surface area contributed by atoms with Crippen LogP contribution in [-0.4, -0.2) is 7.05 Å². The average molecular weight is 257 g/mol. The van der Waals surface area contributed by atoms with Gasteiger partial charge >= 0.3 is 0 Å². The van der Waals surface area contributed by atoms with E-state index in [1.807, 2.05) is 0 Å². The third kappa shape index (κ3) is 3.73. The Kier molecular flexibility index (Phi) is 4.62. The predicted octanol–water partition coefficient (Wildman–Crippen LogP) is 5.28. The topological polar surface area (TPSA) is 3.24 Å². The minimum absolute atomic E-state index is 0.0698. The molecule has 104 valence electrons. The molecule has 0 aliphatic carbocycles. The Morgan fingerprint density at radius 3 is 2.16 bits per heavy atom. The van der Waals surface area contributed by atoms with Crippen molar-refractivity contribution in [3.05, 3.63) is 48.2 Å². The van der Waals surface area contributed by atoms with Gasteiger partial charge in [0, 0.05) is 23.8 Å². The van der Waals surface area contributed by atoms with E-state index in [1.54, 1.807) is 0 Å². The summed E-state index contributed by atoms with van der Waals surface area (Å²) < 4.78 is 0. The van der Waals surface area contributed by atoms with Crippen LogP contribution in [0.4, 0.5) is 5.69 Å². The highest BCUT2D eigenvalue weighted by Crippen LogP contribution is 2.31. The van der Waals surface area contributed by atoms with Gasteiger partial charge in [-0.2, -0.15) is 0 Å². The first-order valence-electron chi connectivity index (χ1n) is 6.89. The fourth-order valence-corrected chi connectivity index (χ4v) is 1.98.